The molecule has 3 aromatic rings. The Balaban J connectivity index is 2.03. The van der Waals surface area contributed by atoms with Crippen molar-refractivity contribution in [3.8, 4) is 5.75 Å². The van der Waals surface area contributed by atoms with Crippen molar-refractivity contribution < 1.29 is 17.9 Å². The number of amides is 1. The number of ether oxygens (including phenoxy) is 1. The Morgan fingerprint density at radius 2 is 1.93 bits per heavy atom. The zero-order chi connectivity index (χ0) is 20.5. The number of hydrogen-bond donors (Lipinski definition) is 1. The summed E-state index contributed by atoms with van der Waals surface area (Å²) in [6.45, 7) is 0. The number of carbonyl (C=O) groups is 1. The van der Waals surface area contributed by atoms with Gasteiger partial charge < -0.3 is 10.1 Å². The molecule has 1 N–H and O–H groups in total. The van der Waals surface area contributed by atoms with Gasteiger partial charge in [0.25, 0.3) is 5.91 Å². The number of nitrogens with one attached hydrogen (secondary N) is 1. The molecular weight excluding hydrogens is 402 g/mol. The lowest BCUT2D eigenvalue weighted by atomic mass is 10.1. The first-order valence-electron chi connectivity index (χ1n) is 8.20. The predicted octanol–water partition coefficient (Wildman–Crippen LogP) is 3.40. The van der Waals surface area contributed by atoms with Gasteiger partial charge in [0, 0.05) is 36.3 Å². The molecule has 0 fully saturated rings. The van der Waals surface area contributed by atoms with E-state index in [-0.39, 0.29) is 16.2 Å². The summed E-state index contributed by atoms with van der Waals surface area (Å²) in [5.74, 6) is -0.341. The van der Waals surface area contributed by atoms with Crippen LogP contribution >= 0.6 is 11.6 Å². The molecule has 0 atom stereocenters. The third-order valence-electron chi connectivity index (χ3n) is 4.10. The highest BCUT2D eigenvalue weighted by molar-refractivity contribution is 7.89. The number of nitrogens with zero attached hydrogens (tertiary/aromatic N) is 2. The van der Waals surface area contributed by atoms with Crippen LogP contribution in [0.5, 0.6) is 5.75 Å². The van der Waals surface area contributed by atoms with Gasteiger partial charge in [-0.2, -0.15) is 0 Å². The van der Waals surface area contributed by atoms with Crippen molar-refractivity contribution in [2.45, 2.75) is 4.90 Å². The first-order chi connectivity index (χ1) is 13.2. The van der Waals surface area contributed by atoms with Crippen molar-refractivity contribution >= 4 is 44.1 Å². The molecule has 0 radical (unpaired) electrons. The second-order valence-corrected chi connectivity index (χ2v) is 8.69. The number of aromatic nitrogens is 1. The van der Waals surface area contributed by atoms with Gasteiger partial charge in [-0.3, -0.25) is 9.78 Å². The van der Waals surface area contributed by atoms with Gasteiger partial charge in [0.05, 0.1) is 18.3 Å². The molecule has 0 aliphatic carbocycles. The van der Waals surface area contributed by atoms with Crippen molar-refractivity contribution in [1.29, 1.82) is 0 Å². The molecule has 0 saturated heterocycles. The van der Waals surface area contributed by atoms with Gasteiger partial charge in [0.1, 0.15) is 10.6 Å². The fraction of sp³-hybridized carbons (Fsp3) is 0.158. The molecule has 146 valence electrons. The van der Waals surface area contributed by atoms with E-state index in [4.69, 9.17) is 16.3 Å². The van der Waals surface area contributed by atoms with E-state index in [1.165, 1.54) is 39.4 Å². The first kappa shape index (κ1) is 20.1. The van der Waals surface area contributed by atoms with Crippen LogP contribution in [0.25, 0.3) is 10.9 Å². The normalized spacial score (nSPS) is 11.6. The van der Waals surface area contributed by atoms with Gasteiger partial charge in [-0.15, -0.1) is 0 Å². The fourth-order valence-electron chi connectivity index (χ4n) is 2.66. The molecule has 28 heavy (non-hydrogen) atoms. The van der Waals surface area contributed by atoms with Crippen LogP contribution in [0.4, 0.5) is 5.69 Å². The van der Waals surface area contributed by atoms with Crippen LogP contribution in [0.3, 0.4) is 0 Å². The highest BCUT2D eigenvalue weighted by Crippen LogP contribution is 2.29. The SMILES string of the molecule is COc1ccc(C(=O)Nc2cc(Cl)cc3cccnc23)cc1S(=O)(=O)N(C)C. The Kier molecular flexibility index (Phi) is 5.55. The number of sulfonamides is 1. The van der Waals surface area contributed by atoms with Crippen LogP contribution in [0.1, 0.15) is 10.4 Å². The Morgan fingerprint density at radius 3 is 2.61 bits per heavy atom. The molecule has 0 bridgehead atoms. The third-order valence-corrected chi connectivity index (χ3v) is 6.16. The van der Waals surface area contributed by atoms with Crippen LogP contribution in [0, 0.1) is 0 Å². The highest BCUT2D eigenvalue weighted by atomic mass is 35.5. The fourth-order valence-corrected chi connectivity index (χ4v) is 3.96. The number of halogens is 1. The van der Waals surface area contributed by atoms with Crippen molar-refractivity contribution in [3.63, 3.8) is 0 Å². The quantitative estimate of drug-likeness (QED) is 0.684. The number of fused-ring (bicyclic) bond motifs is 1. The largest absolute Gasteiger partial charge is 0.495 e. The van der Waals surface area contributed by atoms with Crippen LogP contribution in [-0.2, 0) is 10.0 Å². The summed E-state index contributed by atoms with van der Waals surface area (Å²) in [4.78, 5) is 17.0. The smallest absolute Gasteiger partial charge is 0.255 e. The van der Waals surface area contributed by atoms with Crippen molar-refractivity contribution in [1.82, 2.24) is 9.29 Å². The van der Waals surface area contributed by atoms with Crippen LogP contribution < -0.4 is 10.1 Å². The van der Waals surface area contributed by atoms with E-state index in [0.29, 0.717) is 16.2 Å². The minimum absolute atomic E-state index is 0.0956. The lowest BCUT2D eigenvalue weighted by molar-refractivity contribution is 0.102. The summed E-state index contributed by atoms with van der Waals surface area (Å²) >= 11 is 6.13. The Hall–Kier alpha value is -2.68. The summed E-state index contributed by atoms with van der Waals surface area (Å²) in [5.41, 5.74) is 1.17. The van der Waals surface area contributed by atoms with E-state index < -0.39 is 15.9 Å². The summed E-state index contributed by atoms with van der Waals surface area (Å²) in [6, 6.07) is 11.2. The minimum atomic E-state index is -3.80. The molecule has 1 aromatic heterocycles. The first-order valence-corrected chi connectivity index (χ1v) is 10.0. The molecule has 9 heteroatoms. The average molecular weight is 420 g/mol. The van der Waals surface area contributed by atoms with Crippen molar-refractivity contribution in [2.24, 2.45) is 0 Å². The molecule has 1 amide bonds. The lowest BCUT2D eigenvalue weighted by Gasteiger charge is -2.16. The number of anilines is 1. The van der Waals surface area contributed by atoms with Gasteiger partial charge in [0.15, 0.2) is 0 Å². The Labute approximate surface area is 167 Å². The number of rotatable bonds is 5. The topological polar surface area (TPSA) is 88.6 Å². The van der Waals surface area contributed by atoms with Gasteiger partial charge in [0.2, 0.25) is 10.0 Å². The maximum absolute atomic E-state index is 12.8. The maximum Gasteiger partial charge on any atom is 0.255 e. The second-order valence-electron chi connectivity index (χ2n) is 6.14. The number of carbonyl (C=O) groups excluding carboxylic acids is 1. The summed E-state index contributed by atoms with van der Waals surface area (Å²) in [6.07, 6.45) is 1.61. The zero-order valence-corrected chi connectivity index (χ0v) is 17.0. The number of benzene rings is 2. The van der Waals surface area contributed by atoms with Gasteiger partial charge in [-0.25, -0.2) is 12.7 Å². The number of hydrogen-bond acceptors (Lipinski definition) is 5. The van der Waals surface area contributed by atoms with Gasteiger partial charge >= 0.3 is 0 Å². The molecule has 0 spiro atoms. The van der Waals surface area contributed by atoms with Gasteiger partial charge in [-0.05, 0) is 36.4 Å². The van der Waals surface area contributed by atoms with Crippen molar-refractivity contribution in [2.75, 3.05) is 26.5 Å². The molecule has 0 saturated carbocycles. The van der Waals surface area contributed by atoms with Gasteiger partial charge in [-0.1, -0.05) is 17.7 Å². The molecule has 0 unspecified atom stereocenters. The van der Waals surface area contributed by atoms with E-state index >= 15 is 0 Å². The van der Waals surface area contributed by atoms with E-state index in [2.05, 4.69) is 10.3 Å². The maximum atomic E-state index is 12.8. The molecule has 0 aliphatic rings. The molecule has 0 aliphatic heterocycles. The molecule has 3 rings (SSSR count). The highest BCUT2D eigenvalue weighted by Gasteiger charge is 2.24. The Morgan fingerprint density at radius 1 is 1.18 bits per heavy atom. The average Bonchev–Trinajstić information content (AvgIpc) is 2.67. The molecule has 2 aromatic carbocycles. The van der Waals surface area contributed by atoms with Crippen LogP contribution in [-0.4, -0.2) is 44.8 Å². The monoisotopic (exact) mass is 419 g/mol. The van der Waals surface area contributed by atoms with E-state index in [1.54, 1.807) is 24.4 Å². The molecule has 1 heterocycles. The van der Waals surface area contributed by atoms with E-state index in [1.807, 2.05) is 6.07 Å². The number of pyridine rings is 1. The molecular formula is C19H18ClN3O4S. The standard InChI is InChI=1S/C19H18ClN3O4S/c1-23(2)28(25,26)17-10-13(6-7-16(17)27-3)19(24)22-15-11-14(20)9-12-5-4-8-21-18(12)15/h4-11H,1-3H3,(H,22,24). The lowest BCUT2D eigenvalue weighted by Crippen LogP contribution is -2.23. The molecule has 7 nitrogen and oxygen atoms in total. The van der Waals surface area contributed by atoms with E-state index in [0.717, 1.165) is 9.69 Å². The summed E-state index contributed by atoms with van der Waals surface area (Å²) < 4.78 is 31.3. The van der Waals surface area contributed by atoms with Crippen LogP contribution in [0.2, 0.25) is 5.02 Å². The van der Waals surface area contributed by atoms with Crippen LogP contribution in [0.15, 0.2) is 53.6 Å². The van der Waals surface area contributed by atoms with Crippen molar-refractivity contribution in [3.05, 3.63) is 59.2 Å². The predicted molar refractivity (Wildman–Crippen MR) is 109 cm³/mol. The minimum Gasteiger partial charge on any atom is -0.495 e. The Bertz CT molecular complexity index is 1160. The number of methoxy groups -OCH3 is 1. The summed E-state index contributed by atoms with van der Waals surface area (Å²) in [5, 5.41) is 3.97. The zero-order valence-electron chi connectivity index (χ0n) is 15.4. The summed E-state index contributed by atoms with van der Waals surface area (Å²) in [7, 11) is 0.390. The van der Waals surface area contributed by atoms with E-state index in [9.17, 15) is 13.2 Å². The second kappa shape index (κ2) is 7.75. The third kappa shape index (κ3) is 3.80.